The number of nitrogens with one attached hydrogen (secondary N) is 1. The number of benzene rings is 1. The van der Waals surface area contributed by atoms with Gasteiger partial charge in [0.15, 0.2) is 12.4 Å². The van der Waals surface area contributed by atoms with E-state index in [0.717, 1.165) is 6.07 Å². The molecule has 0 bridgehead atoms. The molecule has 0 aromatic heterocycles. The lowest BCUT2D eigenvalue weighted by Crippen LogP contribution is -2.50. The van der Waals surface area contributed by atoms with E-state index in [-0.39, 0.29) is 29.5 Å². The summed E-state index contributed by atoms with van der Waals surface area (Å²) in [5, 5.41) is 22.7. The van der Waals surface area contributed by atoms with Gasteiger partial charge in [-0.15, -0.1) is 0 Å². The molecule has 0 aliphatic rings. The van der Waals surface area contributed by atoms with Crippen molar-refractivity contribution in [1.82, 2.24) is 5.32 Å². The first-order valence-corrected chi connectivity index (χ1v) is 7.95. The summed E-state index contributed by atoms with van der Waals surface area (Å²) < 4.78 is 10.0. The number of hydrogen-bond acceptors (Lipinski definition) is 7. The predicted molar refractivity (Wildman–Crippen MR) is 91.5 cm³/mol. The van der Waals surface area contributed by atoms with Crippen molar-refractivity contribution < 1.29 is 24.0 Å². The van der Waals surface area contributed by atoms with Crippen molar-refractivity contribution in [1.29, 1.82) is 5.26 Å². The van der Waals surface area contributed by atoms with Crippen LogP contribution in [0, 0.1) is 27.4 Å². The molecule has 0 unspecified atom stereocenters. The zero-order valence-electron chi connectivity index (χ0n) is 15.1. The van der Waals surface area contributed by atoms with Crippen LogP contribution in [0.15, 0.2) is 18.2 Å². The molecule has 1 aromatic rings. The highest BCUT2D eigenvalue weighted by molar-refractivity contribution is 5.92. The molecule has 0 spiro atoms. The Balaban J connectivity index is 2.80. The van der Waals surface area contributed by atoms with Gasteiger partial charge in [-0.3, -0.25) is 14.9 Å². The molecular weight excluding hydrogens is 342 g/mol. The molecule has 0 saturated heterocycles. The molecule has 0 saturated carbocycles. The lowest BCUT2D eigenvalue weighted by Gasteiger charge is -2.27. The van der Waals surface area contributed by atoms with Crippen molar-refractivity contribution in [2.45, 2.75) is 33.2 Å². The third-order valence-corrected chi connectivity index (χ3v) is 3.81. The second kappa shape index (κ2) is 8.80. The average Bonchev–Trinajstić information content (AvgIpc) is 2.59. The lowest BCUT2D eigenvalue weighted by molar-refractivity contribution is -0.385. The third-order valence-electron chi connectivity index (χ3n) is 3.81. The average molecular weight is 363 g/mol. The predicted octanol–water partition coefficient (Wildman–Crippen LogP) is 2.20. The summed E-state index contributed by atoms with van der Waals surface area (Å²) in [6, 6.07) is 5.64. The maximum Gasteiger partial charge on any atom is 0.338 e. The fourth-order valence-corrected chi connectivity index (χ4v) is 1.91. The number of amides is 1. The van der Waals surface area contributed by atoms with Gasteiger partial charge in [-0.25, -0.2) is 4.79 Å². The Kier molecular flexibility index (Phi) is 7.07. The van der Waals surface area contributed by atoms with Crippen LogP contribution >= 0.6 is 0 Å². The van der Waals surface area contributed by atoms with Crippen molar-refractivity contribution in [3.05, 3.63) is 33.9 Å². The zero-order valence-corrected chi connectivity index (χ0v) is 15.1. The maximum atomic E-state index is 12.0. The second-order valence-electron chi connectivity index (χ2n) is 5.97. The SMILES string of the molecule is CCOc1ccc(C(=O)OCC(=O)N[C@](C)(C#N)C(C)C)cc1[N+](=O)[O-]. The number of nitro groups is 1. The Morgan fingerprint density at radius 1 is 1.42 bits per heavy atom. The van der Waals surface area contributed by atoms with Crippen LogP contribution < -0.4 is 10.1 Å². The van der Waals surface area contributed by atoms with Crippen LogP contribution in [0.4, 0.5) is 5.69 Å². The summed E-state index contributed by atoms with van der Waals surface area (Å²) in [5.74, 6) is -1.65. The molecule has 1 aromatic carbocycles. The first kappa shape index (κ1) is 20.9. The summed E-state index contributed by atoms with van der Waals surface area (Å²) in [4.78, 5) is 34.3. The van der Waals surface area contributed by atoms with Gasteiger partial charge in [-0.1, -0.05) is 13.8 Å². The number of esters is 1. The molecule has 9 nitrogen and oxygen atoms in total. The number of nitriles is 1. The van der Waals surface area contributed by atoms with Gasteiger partial charge in [0.2, 0.25) is 0 Å². The van der Waals surface area contributed by atoms with Gasteiger partial charge in [0, 0.05) is 6.07 Å². The molecule has 1 N–H and O–H groups in total. The van der Waals surface area contributed by atoms with Gasteiger partial charge in [-0.2, -0.15) is 5.26 Å². The van der Waals surface area contributed by atoms with Crippen LogP contribution in [0.5, 0.6) is 5.75 Å². The zero-order chi connectivity index (χ0) is 19.9. The van der Waals surface area contributed by atoms with E-state index in [1.54, 1.807) is 27.7 Å². The Morgan fingerprint density at radius 3 is 2.58 bits per heavy atom. The van der Waals surface area contributed by atoms with E-state index < -0.39 is 28.9 Å². The first-order chi connectivity index (χ1) is 12.1. The molecule has 1 amide bonds. The highest BCUT2D eigenvalue weighted by Gasteiger charge is 2.30. The summed E-state index contributed by atoms with van der Waals surface area (Å²) in [6.45, 7) is 6.41. The minimum Gasteiger partial charge on any atom is -0.487 e. The van der Waals surface area contributed by atoms with Crippen molar-refractivity contribution >= 4 is 17.6 Å². The van der Waals surface area contributed by atoms with Gasteiger partial charge < -0.3 is 14.8 Å². The molecule has 0 aliphatic carbocycles. The van der Waals surface area contributed by atoms with E-state index in [0.29, 0.717) is 0 Å². The number of nitrogens with zero attached hydrogens (tertiary/aromatic N) is 2. The van der Waals surface area contributed by atoms with Gasteiger partial charge in [-0.05, 0) is 31.9 Å². The summed E-state index contributed by atoms with van der Waals surface area (Å²) in [6.07, 6.45) is 0. The fraction of sp³-hybridized carbons (Fsp3) is 0.471. The van der Waals surface area contributed by atoms with Crippen LogP contribution in [0.3, 0.4) is 0 Å². The summed E-state index contributed by atoms with van der Waals surface area (Å²) in [5.41, 5.74) is -1.55. The molecule has 0 fully saturated rings. The molecule has 26 heavy (non-hydrogen) atoms. The van der Waals surface area contributed by atoms with E-state index in [9.17, 15) is 19.7 Å². The van der Waals surface area contributed by atoms with E-state index >= 15 is 0 Å². The topological polar surface area (TPSA) is 132 Å². The smallest absolute Gasteiger partial charge is 0.338 e. The van der Waals surface area contributed by atoms with Crippen molar-refractivity contribution in [2.75, 3.05) is 13.2 Å². The largest absolute Gasteiger partial charge is 0.487 e. The van der Waals surface area contributed by atoms with E-state index in [1.807, 2.05) is 6.07 Å². The molecule has 0 radical (unpaired) electrons. The Labute approximate surface area is 151 Å². The van der Waals surface area contributed by atoms with E-state index in [4.69, 9.17) is 14.7 Å². The van der Waals surface area contributed by atoms with Gasteiger partial charge in [0.1, 0.15) is 5.54 Å². The maximum absolute atomic E-state index is 12.0. The number of carbonyl (C=O) groups is 2. The molecule has 1 rings (SSSR count). The molecule has 0 aliphatic heterocycles. The van der Waals surface area contributed by atoms with Crippen LogP contribution in [0.1, 0.15) is 38.1 Å². The van der Waals surface area contributed by atoms with Gasteiger partial charge in [0.25, 0.3) is 5.91 Å². The number of hydrogen-bond donors (Lipinski definition) is 1. The van der Waals surface area contributed by atoms with Crippen molar-refractivity contribution in [3.63, 3.8) is 0 Å². The summed E-state index contributed by atoms with van der Waals surface area (Å²) in [7, 11) is 0. The van der Waals surface area contributed by atoms with Gasteiger partial charge >= 0.3 is 11.7 Å². The van der Waals surface area contributed by atoms with E-state index in [2.05, 4.69) is 5.32 Å². The number of rotatable bonds is 8. The van der Waals surface area contributed by atoms with Crippen LogP contribution in [0.2, 0.25) is 0 Å². The molecule has 140 valence electrons. The summed E-state index contributed by atoms with van der Waals surface area (Å²) >= 11 is 0. The minimum absolute atomic E-state index is 0.0357. The van der Waals surface area contributed by atoms with E-state index in [1.165, 1.54) is 12.1 Å². The number of nitro benzene ring substituents is 1. The fourth-order valence-electron chi connectivity index (χ4n) is 1.91. The third kappa shape index (κ3) is 5.17. The first-order valence-electron chi connectivity index (χ1n) is 7.95. The van der Waals surface area contributed by atoms with Crippen LogP contribution in [-0.2, 0) is 9.53 Å². The molecule has 1 atom stereocenters. The molecular formula is C17H21N3O6. The van der Waals surface area contributed by atoms with Crippen molar-refractivity contribution in [3.8, 4) is 11.8 Å². The Hall–Kier alpha value is -3.15. The normalized spacial score (nSPS) is 12.6. The van der Waals surface area contributed by atoms with Crippen molar-refractivity contribution in [2.24, 2.45) is 5.92 Å². The Bertz CT molecular complexity index is 741. The number of carbonyl (C=O) groups excluding carboxylic acids is 2. The minimum atomic E-state index is -1.10. The molecule has 9 heteroatoms. The highest BCUT2D eigenvalue weighted by atomic mass is 16.6. The van der Waals surface area contributed by atoms with Gasteiger partial charge in [0.05, 0.1) is 23.2 Å². The quantitative estimate of drug-likeness (QED) is 0.425. The monoisotopic (exact) mass is 363 g/mol. The van der Waals surface area contributed by atoms with Crippen LogP contribution in [-0.4, -0.2) is 35.6 Å². The number of ether oxygens (including phenoxy) is 2. The molecule has 0 heterocycles. The van der Waals surface area contributed by atoms with Crippen LogP contribution in [0.25, 0.3) is 0 Å². The standard InChI is InChI=1S/C17H21N3O6/c1-5-25-14-7-6-12(8-13(14)20(23)24)16(22)26-9-15(21)19-17(4,10-18)11(2)3/h6-8,11H,5,9H2,1-4H3,(H,19,21)/t17-/m1/s1. The lowest BCUT2D eigenvalue weighted by atomic mass is 9.90. The highest BCUT2D eigenvalue weighted by Crippen LogP contribution is 2.28. The Morgan fingerprint density at radius 2 is 2.08 bits per heavy atom. The second-order valence-corrected chi connectivity index (χ2v) is 5.97.